The smallest absolute Gasteiger partial charge is 0.124 e. The number of hydrogen-bond donors (Lipinski definition) is 0. The molecule has 0 saturated heterocycles. The summed E-state index contributed by atoms with van der Waals surface area (Å²) in [5.41, 5.74) is 4.95. The molecule has 0 aliphatic rings. The van der Waals surface area contributed by atoms with Crippen molar-refractivity contribution >= 4 is 53.9 Å². The Hall–Kier alpha value is -4.75. The van der Waals surface area contributed by atoms with Crippen LogP contribution in [0, 0.1) is 5.82 Å². The van der Waals surface area contributed by atoms with Gasteiger partial charge in [0.25, 0.3) is 0 Å². The van der Waals surface area contributed by atoms with E-state index in [0.29, 0.717) is 0 Å². The van der Waals surface area contributed by atoms with Crippen LogP contribution < -0.4 is 0 Å². The Labute approximate surface area is 213 Å². The van der Waals surface area contributed by atoms with E-state index in [1.54, 1.807) is 12.1 Å². The van der Waals surface area contributed by atoms with Crippen LogP contribution in [0.5, 0.6) is 0 Å². The van der Waals surface area contributed by atoms with Crippen molar-refractivity contribution in [3.8, 4) is 22.3 Å². The zero-order valence-electron chi connectivity index (χ0n) is 20.0. The van der Waals surface area contributed by atoms with Crippen LogP contribution in [-0.4, -0.2) is 0 Å². The second-order valence-corrected chi connectivity index (χ2v) is 9.86. The normalized spacial score (nSPS) is 11.9. The molecule has 0 bridgehead atoms. The first-order valence-electron chi connectivity index (χ1n) is 12.6. The fraction of sp³-hybridized carbons (Fsp3) is 0. The number of fused-ring (bicyclic) bond motifs is 2. The van der Waals surface area contributed by atoms with E-state index in [9.17, 15) is 4.39 Å². The largest absolute Gasteiger partial charge is 0.207 e. The summed E-state index contributed by atoms with van der Waals surface area (Å²) in [6.07, 6.45) is 0. The standard InChI is InChI=1S/C36H21F/c37-28-20-25-16-14-23-18-27(19-24-15-17-26(21-28)34(25)33(23)24)36-31-12-6-4-10-29(31)35(22-8-2-1-3-9-22)30-11-5-7-13-32(30)36/h1-21H. The Bertz CT molecular complexity index is 2010. The first-order valence-corrected chi connectivity index (χ1v) is 12.6. The van der Waals surface area contributed by atoms with Crippen LogP contribution in [0.3, 0.4) is 0 Å². The van der Waals surface area contributed by atoms with Gasteiger partial charge in [0.1, 0.15) is 5.82 Å². The number of benzene rings is 8. The highest BCUT2D eigenvalue weighted by molar-refractivity contribution is 6.26. The molecule has 0 aliphatic heterocycles. The van der Waals surface area contributed by atoms with Gasteiger partial charge in [0, 0.05) is 0 Å². The van der Waals surface area contributed by atoms with Gasteiger partial charge in [0.05, 0.1) is 0 Å². The molecule has 172 valence electrons. The van der Waals surface area contributed by atoms with Gasteiger partial charge in [-0.05, 0) is 100 Å². The molecule has 0 saturated carbocycles. The van der Waals surface area contributed by atoms with Crippen LogP contribution in [0.4, 0.5) is 4.39 Å². The lowest BCUT2D eigenvalue weighted by Gasteiger charge is -2.19. The van der Waals surface area contributed by atoms with Crippen molar-refractivity contribution in [3.63, 3.8) is 0 Å². The maximum Gasteiger partial charge on any atom is 0.124 e. The second kappa shape index (κ2) is 7.62. The first-order chi connectivity index (χ1) is 18.3. The second-order valence-electron chi connectivity index (χ2n) is 9.86. The van der Waals surface area contributed by atoms with Gasteiger partial charge in [-0.1, -0.05) is 103 Å². The topological polar surface area (TPSA) is 0 Å². The summed E-state index contributed by atoms with van der Waals surface area (Å²) >= 11 is 0. The van der Waals surface area contributed by atoms with Crippen LogP contribution in [0.15, 0.2) is 127 Å². The molecule has 0 N–H and O–H groups in total. The fourth-order valence-corrected chi connectivity index (χ4v) is 6.30. The molecule has 0 unspecified atom stereocenters. The van der Waals surface area contributed by atoms with Crippen LogP contribution in [0.25, 0.3) is 76.1 Å². The van der Waals surface area contributed by atoms with E-state index in [-0.39, 0.29) is 5.82 Å². The molecule has 0 aromatic heterocycles. The maximum absolute atomic E-state index is 14.2. The lowest BCUT2D eigenvalue weighted by Crippen LogP contribution is -1.92. The van der Waals surface area contributed by atoms with Gasteiger partial charge in [-0.3, -0.25) is 0 Å². The predicted molar refractivity (Wildman–Crippen MR) is 156 cm³/mol. The summed E-state index contributed by atoms with van der Waals surface area (Å²) in [7, 11) is 0. The van der Waals surface area contributed by atoms with E-state index in [1.165, 1.54) is 60.0 Å². The first kappa shape index (κ1) is 20.4. The Kier molecular flexibility index (Phi) is 4.21. The third kappa shape index (κ3) is 2.95. The van der Waals surface area contributed by atoms with Gasteiger partial charge in [-0.25, -0.2) is 4.39 Å². The molecule has 1 heteroatoms. The highest BCUT2D eigenvalue weighted by Gasteiger charge is 2.18. The molecule has 0 nitrogen and oxygen atoms in total. The van der Waals surface area contributed by atoms with E-state index in [1.807, 2.05) is 12.1 Å². The molecule has 0 amide bonds. The molecular formula is C36H21F. The summed E-state index contributed by atoms with van der Waals surface area (Å²) in [6, 6.07) is 44.4. The minimum Gasteiger partial charge on any atom is -0.207 e. The quantitative estimate of drug-likeness (QED) is 0.173. The number of hydrogen-bond acceptors (Lipinski definition) is 0. The third-order valence-corrected chi connectivity index (χ3v) is 7.78. The molecule has 0 aliphatic carbocycles. The minimum absolute atomic E-state index is 0.192. The van der Waals surface area contributed by atoms with Crippen LogP contribution in [0.2, 0.25) is 0 Å². The highest BCUT2D eigenvalue weighted by Crippen LogP contribution is 2.45. The SMILES string of the molecule is Fc1cc2ccc3cc(-c4c5ccccc5c(-c5ccccc5)c5ccccc45)cc4ccc(c1)c2c34. The van der Waals surface area contributed by atoms with Crippen molar-refractivity contribution < 1.29 is 4.39 Å². The average molecular weight is 473 g/mol. The molecule has 8 aromatic rings. The van der Waals surface area contributed by atoms with Gasteiger partial charge < -0.3 is 0 Å². The molecule has 0 heterocycles. The molecule has 8 aromatic carbocycles. The molecule has 0 fully saturated rings. The summed E-state index contributed by atoms with van der Waals surface area (Å²) in [4.78, 5) is 0. The summed E-state index contributed by atoms with van der Waals surface area (Å²) in [5, 5.41) is 11.6. The van der Waals surface area contributed by atoms with E-state index in [0.717, 1.165) is 16.2 Å². The van der Waals surface area contributed by atoms with Gasteiger partial charge in [-0.15, -0.1) is 0 Å². The van der Waals surface area contributed by atoms with Crippen LogP contribution in [-0.2, 0) is 0 Å². The Balaban J connectivity index is 1.52. The Morgan fingerprint density at radius 1 is 0.351 bits per heavy atom. The zero-order chi connectivity index (χ0) is 24.5. The van der Waals surface area contributed by atoms with Crippen molar-refractivity contribution in [2.75, 3.05) is 0 Å². The Morgan fingerprint density at radius 3 is 1.19 bits per heavy atom. The average Bonchev–Trinajstić information content (AvgIpc) is 2.94. The summed E-state index contributed by atoms with van der Waals surface area (Å²) in [5.74, 6) is -0.192. The van der Waals surface area contributed by atoms with Gasteiger partial charge in [0.15, 0.2) is 0 Å². The third-order valence-electron chi connectivity index (χ3n) is 7.78. The fourth-order valence-electron chi connectivity index (χ4n) is 6.30. The lowest BCUT2D eigenvalue weighted by atomic mass is 9.84. The van der Waals surface area contributed by atoms with Crippen molar-refractivity contribution in [1.82, 2.24) is 0 Å². The van der Waals surface area contributed by atoms with E-state index in [2.05, 4.69) is 103 Å². The molecule has 0 spiro atoms. The number of rotatable bonds is 2. The van der Waals surface area contributed by atoms with Gasteiger partial charge in [0.2, 0.25) is 0 Å². The summed E-state index contributed by atoms with van der Waals surface area (Å²) in [6.45, 7) is 0. The van der Waals surface area contributed by atoms with E-state index < -0.39 is 0 Å². The van der Waals surface area contributed by atoms with E-state index >= 15 is 0 Å². The van der Waals surface area contributed by atoms with Gasteiger partial charge >= 0.3 is 0 Å². The zero-order valence-corrected chi connectivity index (χ0v) is 20.0. The minimum atomic E-state index is -0.192. The maximum atomic E-state index is 14.2. The van der Waals surface area contributed by atoms with Crippen molar-refractivity contribution in [2.24, 2.45) is 0 Å². The van der Waals surface area contributed by atoms with E-state index in [4.69, 9.17) is 0 Å². The van der Waals surface area contributed by atoms with Crippen LogP contribution in [0.1, 0.15) is 0 Å². The molecule has 0 radical (unpaired) electrons. The van der Waals surface area contributed by atoms with Gasteiger partial charge in [-0.2, -0.15) is 0 Å². The number of halogens is 1. The monoisotopic (exact) mass is 472 g/mol. The predicted octanol–water partition coefficient (Wildman–Crippen LogP) is 10.4. The molecule has 8 rings (SSSR count). The molecule has 0 atom stereocenters. The van der Waals surface area contributed by atoms with Crippen molar-refractivity contribution in [1.29, 1.82) is 0 Å². The Morgan fingerprint density at radius 2 is 0.730 bits per heavy atom. The van der Waals surface area contributed by atoms with Crippen molar-refractivity contribution in [2.45, 2.75) is 0 Å². The molecule has 37 heavy (non-hydrogen) atoms. The summed E-state index contributed by atoms with van der Waals surface area (Å²) < 4.78 is 14.2. The molecular weight excluding hydrogens is 451 g/mol. The lowest BCUT2D eigenvalue weighted by molar-refractivity contribution is 0.631. The van der Waals surface area contributed by atoms with Crippen LogP contribution >= 0.6 is 0 Å². The van der Waals surface area contributed by atoms with Crippen molar-refractivity contribution in [3.05, 3.63) is 133 Å². The highest BCUT2D eigenvalue weighted by atomic mass is 19.1.